The van der Waals surface area contributed by atoms with Crippen LogP contribution in [-0.4, -0.2) is 0 Å². The molecule has 0 aliphatic carbocycles. The maximum absolute atomic E-state index is 13.3. The third-order valence-corrected chi connectivity index (χ3v) is 4.16. The highest BCUT2D eigenvalue weighted by Gasteiger charge is 2.04. The molecule has 1 nitrogen and oxygen atoms in total. The number of anilines is 1. The normalized spacial score (nSPS) is 10.3. The van der Waals surface area contributed by atoms with Crippen LogP contribution in [0, 0.1) is 13.0 Å². The second-order valence-corrected chi connectivity index (χ2v) is 5.91. The summed E-state index contributed by atoms with van der Waals surface area (Å²) in [7, 11) is 0. The van der Waals surface area contributed by atoms with Crippen LogP contribution in [0.4, 0.5) is 10.1 Å². The summed E-state index contributed by atoms with van der Waals surface area (Å²) >= 11 is 4.29. The highest BCUT2D eigenvalue weighted by molar-refractivity contribution is 14.1. The quantitative estimate of drug-likeness (QED) is 0.668. The van der Waals surface area contributed by atoms with E-state index >= 15 is 0 Å². The zero-order chi connectivity index (χ0) is 12.3. The number of halogens is 3. The van der Waals surface area contributed by atoms with E-state index in [-0.39, 0.29) is 5.82 Å². The predicted octanol–water partition coefficient (Wildman–Crippen LogP) is 4.65. The summed E-state index contributed by atoms with van der Waals surface area (Å²) in [5, 5.41) is 3.24. The summed E-state index contributed by atoms with van der Waals surface area (Å²) in [5.74, 6) is -0.182. The summed E-state index contributed by atoms with van der Waals surface area (Å²) < 4.78 is 15.2. The Hall–Kier alpha value is -0.370. The van der Waals surface area contributed by atoms with E-state index in [1.807, 2.05) is 28.7 Å². The molecule has 2 aromatic carbocycles. The van der Waals surface area contributed by atoms with Crippen molar-refractivity contribution in [3.8, 4) is 0 Å². The van der Waals surface area contributed by atoms with Crippen molar-refractivity contribution in [3.63, 3.8) is 0 Å². The lowest BCUT2D eigenvalue weighted by Crippen LogP contribution is -2.01. The molecule has 0 heterocycles. The average Bonchev–Trinajstić information content (AvgIpc) is 2.33. The Morgan fingerprint density at radius 1 is 1.00 bits per heavy atom. The molecule has 0 aliphatic heterocycles. The van der Waals surface area contributed by atoms with E-state index in [0.717, 1.165) is 5.69 Å². The number of hydrogen-bond acceptors (Lipinski definition) is 1. The van der Waals surface area contributed by atoms with Gasteiger partial charge in [-0.15, -0.1) is 0 Å². The van der Waals surface area contributed by atoms with Crippen molar-refractivity contribution in [1.29, 1.82) is 0 Å². The number of benzene rings is 2. The van der Waals surface area contributed by atoms with Crippen LogP contribution < -0.4 is 5.32 Å². The molecule has 0 radical (unpaired) electrons. The Morgan fingerprint density at radius 3 is 2.41 bits per heavy atom. The number of nitrogens with one attached hydrogen (secondary N) is 1. The molecule has 2 aromatic rings. The molecule has 0 saturated heterocycles. The van der Waals surface area contributed by atoms with Crippen LogP contribution >= 0.6 is 45.2 Å². The molecule has 1 N–H and O–H groups in total. The molecule has 2 rings (SSSR count). The minimum atomic E-state index is -0.182. The fourth-order valence-electron chi connectivity index (χ4n) is 1.44. The SMILES string of the molecule is Fc1cccc(NCc2ccc(I)cc2)c1I. The maximum Gasteiger partial charge on any atom is 0.138 e. The molecule has 0 unspecified atom stereocenters. The van der Waals surface area contributed by atoms with Gasteiger partial charge in [0.05, 0.1) is 9.26 Å². The smallest absolute Gasteiger partial charge is 0.138 e. The van der Waals surface area contributed by atoms with Crippen LogP contribution in [0.5, 0.6) is 0 Å². The van der Waals surface area contributed by atoms with Gasteiger partial charge >= 0.3 is 0 Å². The van der Waals surface area contributed by atoms with Crippen LogP contribution in [0.1, 0.15) is 5.56 Å². The monoisotopic (exact) mass is 453 g/mol. The van der Waals surface area contributed by atoms with E-state index in [0.29, 0.717) is 10.1 Å². The second kappa shape index (κ2) is 5.99. The molecule has 0 saturated carbocycles. The van der Waals surface area contributed by atoms with Crippen LogP contribution in [0.25, 0.3) is 0 Å². The first kappa shape index (κ1) is 13.1. The summed E-state index contributed by atoms with van der Waals surface area (Å²) in [6.07, 6.45) is 0. The lowest BCUT2D eigenvalue weighted by atomic mass is 10.2. The molecule has 0 bridgehead atoms. The molecular weight excluding hydrogens is 443 g/mol. The largest absolute Gasteiger partial charge is 0.380 e. The Bertz CT molecular complexity index is 511. The zero-order valence-corrected chi connectivity index (χ0v) is 13.2. The molecule has 0 aliphatic rings. The first-order valence-corrected chi connectivity index (χ1v) is 7.25. The van der Waals surface area contributed by atoms with Crippen molar-refractivity contribution in [2.75, 3.05) is 5.32 Å². The van der Waals surface area contributed by atoms with Crippen molar-refractivity contribution in [3.05, 3.63) is 61.0 Å². The first-order valence-electron chi connectivity index (χ1n) is 5.09. The lowest BCUT2D eigenvalue weighted by molar-refractivity contribution is 0.621. The molecular formula is C13H10FI2N. The third kappa shape index (κ3) is 3.54. The van der Waals surface area contributed by atoms with Gasteiger partial charge in [0.2, 0.25) is 0 Å². The van der Waals surface area contributed by atoms with E-state index in [2.05, 4.69) is 52.2 Å². The van der Waals surface area contributed by atoms with Gasteiger partial charge < -0.3 is 5.32 Å². The molecule has 0 spiro atoms. The van der Waals surface area contributed by atoms with Gasteiger partial charge in [0.15, 0.2) is 0 Å². The Kier molecular flexibility index (Phi) is 4.61. The topological polar surface area (TPSA) is 12.0 Å². The number of rotatable bonds is 3. The fraction of sp³-hybridized carbons (Fsp3) is 0.0769. The van der Waals surface area contributed by atoms with E-state index in [1.165, 1.54) is 15.2 Å². The molecule has 0 fully saturated rings. The minimum absolute atomic E-state index is 0.182. The van der Waals surface area contributed by atoms with Gasteiger partial charge in [0.25, 0.3) is 0 Å². The average molecular weight is 453 g/mol. The van der Waals surface area contributed by atoms with Crippen LogP contribution in [-0.2, 0) is 6.54 Å². The molecule has 17 heavy (non-hydrogen) atoms. The summed E-state index contributed by atoms with van der Waals surface area (Å²) in [6, 6.07) is 13.3. The molecule has 0 aromatic heterocycles. The zero-order valence-electron chi connectivity index (χ0n) is 8.88. The second-order valence-electron chi connectivity index (χ2n) is 3.58. The lowest BCUT2D eigenvalue weighted by Gasteiger charge is -2.09. The van der Waals surface area contributed by atoms with Gasteiger partial charge in [-0.3, -0.25) is 0 Å². The Balaban J connectivity index is 2.07. The Morgan fingerprint density at radius 2 is 1.71 bits per heavy atom. The molecule has 0 amide bonds. The van der Waals surface area contributed by atoms with Gasteiger partial charge in [0.1, 0.15) is 5.82 Å². The Labute approximate surface area is 127 Å². The van der Waals surface area contributed by atoms with E-state index in [4.69, 9.17) is 0 Å². The first-order chi connectivity index (χ1) is 8.16. The van der Waals surface area contributed by atoms with Gasteiger partial charge in [-0.2, -0.15) is 0 Å². The van der Waals surface area contributed by atoms with Crippen molar-refractivity contribution >= 4 is 50.9 Å². The van der Waals surface area contributed by atoms with Crippen molar-refractivity contribution in [2.45, 2.75) is 6.54 Å². The van der Waals surface area contributed by atoms with Gasteiger partial charge in [0, 0.05) is 10.1 Å². The molecule has 0 atom stereocenters. The minimum Gasteiger partial charge on any atom is -0.380 e. The van der Waals surface area contributed by atoms with Gasteiger partial charge in [-0.05, 0) is 75.0 Å². The maximum atomic E-state index is 13.3. The van der Waals surface area contributed by atoms with Crippen molar-refractivity contribution < 1.29 is 4.39 Å². The fourth-order valence-corrected chi connectivity index (χ4v) is 2.35. The van der Waals surface area contributed by atoms with Crippen molar-refractivity contribution in [2.24, 2.45) is 0 Å². The third-order valence-electron chi connectivity index (χ3n) is 2.35. The van der Waals surface area contributed by atoms with E-state index < -0.39 is 0 Å². The van der Waals surface area contributed by atoms with Crippen LogP contribution in [0.3, 0.4) is 0 Å². The van der Waals surface area contributed by atoms with Gasteiger partial charge in [-0.1, -0.05) is 18.2 Å². The van der Waals surface area contributed by atoms with Crippen LogP contribution in [0.2, 0.25) is 0 Å². The van der Waals surface area contributed by atoms with Gasteiger partial charge in [-0.25, -0.2) is 4.39 Å². The molecule has 4 heteroatoms. The molecule has 88 valence electrons. The predicted molar refractivity (Wildman–Crippen MR) is 85.6 cm³/mol. The highest BCUT2D eigenvalue weighted by atomic mass is 127. The number of hydrogen-bond donors (Lipinski definition) is 1. The van der Waals surface area contributed by atoms with Crippen LogP contribution in [0.15, 0.2) is 42.5 Å². The van der Waals surface area contributed by atoms with E-state index in [9.17, 15) is 4.39 Å². The van der Waals surface area contributed by atoms with E-state index in [1.54, 1.807) is 6.07 Å². The van der Waals surface area contributed by atoms with Crippen molar-refractivity contribution in [1.82, 2.24) is 0 Å². The summed E-state index contributed by atoms with van der Waals surface area (Å²) in [5.41, 5.74) is 2.02. The summed E-state index contributed by atoms with van der Waals surface area (Å²) in [6.45, 7) is 0.705. The standard InChI is InChI=1S/C13H10FI2N/c14-11-2-1-3-12(13(11)16)17-8-9-4-6-10(15)7-5-9/h1-7,17H,8H2. The highest BCUT2D eigenvalue weighted by Crippen LogP contribution is 2.21. The summed E-state index contributed by atoms with van der Waals surface area (Å²) in [4.78, 5) is 0.